The second-order valence-corrected chi connectivity index (χ2v) is 10.1. The van der Waals surface area contributed by atoms with E-state index in [9.17, 15) is 19.5 Å². The van der Waals surface area contributed by atoms with Crippen molar-refractivity contribution in [2.75, 3.05) is 11.1 Å². The van der Waals surface area contributed by atoms with Crippen LogP contribution in [0.15, 0.2) is 60.0 Å². The van der Waals surface area contributed by atoms with Crippen LogP contribution in [-0.4, -0.2) is 50.7 Å². The Kier molecular flexibility index (Phi) is 6.25. The molecule has 1 aliphatic carbocycles. The number of benzene rings is 2. The zero-order valence-corrected chi connectivity index (χ0v) is 19.6. The SMILES string of the molecule is O=C(NC1CC1)c1ccc(-c2csc(NC(=O)C3CSC(c4ccccc4)N3C(=O)O)n2)cc1. The molecule has 1 aliphatic heterocycles. The van der Waals surface area contributed by atoms with Crippen molar-refractivity contribution in [1.82, 2.24) is 15.2 Å². The van der Waals surface area contributed by atoms with Gasteiger partial charge in [-0.25, -0.2) is 9.78 Å². The molecule has 1 aromatic heterocycles. The molecule has 10 heteroatoms. The molecule has 1 saturated carbocycles. The van der Waals surface area contributed by atoms with Gasteiger partial charge in [0.25, 0.3) is 5.91 Å². The molecular weight excluding hydrogens is 472 g/mol. The van der Waals surface area contributed by atoms with Crippen molar-refractivity contribution in [2.24, 2.45) is 0 Å². The Labute approximate surface area is 204 Å². The summed E-state index contributed by atoms with van der Waals surface area (Å²) in [4.78, 5) is 42.8. The van der Waals surface area contributed by atoms with Crippen LogP contribution in [0.3, 0.4) is 0 Å². The molecule has 0 spiro atoms. The highest BCUT2D eigenvalue weighted by Crippen LogP contribution is 2.41. The zero-order chi connectivity index (χ0) is 23.7. The lowest BCUT2D eigenvalue weighted by atomic mass is 10.1. The van der Waals surface area contributed by atoms with Gasteiger partial charge in [-0.05, 0) is 30.5 Å². The van der Waals surface area contributed by atoms with Gasteiger partial charge in [0.05, 0.1) is 5.69 Å². The van der Waals surface area contributed by atoms with Crippen LogP contribution in [0.4, 0.5) is 9.93 Å². The van der Waals surface area contributed by atoms with Gasteiger partial charge in [-0.3, -0.25) is 14.5 Å². The number of hydrogen-bond acceptors (Lipinski definition) is 6. The summed E-state index contributed by atoms with van der Waals surface area (Å²) in [5.74, 6) is -0.117. The van der Waals surface area contributed by atoms with E-state index in [1.165, 1.54) is 28.0 Å². The molecule has 1 saturated heterocycles. The topological polar surface area (TPSA) is 112 Å². The van der Waals surface area contributed by atoms with Crippen molar-refractivity contribution in [3.63, 3.8) is 0 Å². The van der Waals surface area contributed by atoms with E-state index in [1.807, 2.05) is 47.8 Å². The molecule has 3 aromatic rings. The van der Waals surface area contributed by atoms with Gasteiger partial charge in [0, 0.05) is 28.3 Å². The van der Waals surface area contributed by atoms with Crippen LogP contribution in [0.25, 0.3) is 11.3 Å². The Hall–Kier alpha value is -3.37. The lowest BCUT2D eigenvalue weighted by Crippen LogP contribution is -2.44. The zero-order valence-electron chi connectivity index (χ0n) is 18.0. The summed E-state index contributed by atoms with van der Waals surface area (Å²) in [6.45, 7) is 0. The third kappa shape index (κ3) is 4.78. The van der Waals surface area contributed by atoms with Gasteiger partial charge in [0.1, 0.15) is 11.4 Å². The maximum atomic E-state index is 13.0. The molecular formula is C24H22N4O4S2. The fraction of sp³-hybridized carbons (Fsp3) is 0.250. The summed E-state index contributed by atoms with van der Waals surface area (Å²) in [5, 5.41) is 17.3. The predicted molar refractivity (Wildman–Crippen MR) is 132 cm³/mol. The fourth-order valence-electron chi connectivity index (χ4n) is 3.76. The minimum atomic E-state index is -1.13. The number of thioether (sulfide) groups is 1. The third-order valence-electron chi connectivity index (χ3n) is 5.70. The Morgan fingerprint density at radius 3 is 2.44 bits per heavy atom. The average molecular weight is 495 g/mol. The largest absolute Gasteiger partial charge is 0.465 e. The number of rotatable bonds is 6. The van der Waals surface area contributed by atoms with Crippen LogP contribution in [0.2, 0.25) is 0 Å². The second-order valence-electron chi connectivity index (χ2n) is 8.15. The molecule has 3 amide bonds. The number of amides is 3. The van der Waals surface area contributed by atoms with Crippen molar-refractivity contribution in [1.29, 1.82) is 0 Å². The average Bonchev–Trinajstić information content (AvgIpc) is 3.35. The molecule has 8 nitrogen and oxygen atoms in total. The number of carboxylic acid groups (broad SMARTS) is 1. The monoisotopic (exact) mass is 494 g/mol. The maximum absolute atomic E-state index is 13.0. The summed E-state index contributed by atoms with van der Waals surface area (Å²) < 4.78 is 0. The molecule has 174 valence electrons. The quantitative estimate of drug-likeness (QED) is 0.467. The van der Waals surface area contributed by atoms with Crippen LogP contribution in [-0.2, 0) is 4.79 Å². The first kappa shape index (κ1) is 22.4. The van der Waals surface area contributed by atoms with Crippen molar-refractivity contribution < 1.29 is 19.5 Å². The Balaban J connectivity index is 1.25. The van der Waals surface area contributed by atoms with Crippen LogP contribution in [0.5, 0.6) is 0 Å². The first-order valence-corrected chi connectivity index (χ1v) is 12.8. The number of nitrogens with one attached hydrogen (secondary N) is 2. The standard InChI is InChI=1S/C24H22N4O4S2/c29-20(25-17-10-11-17)15-8-6-14(7-9-15)18-12-34-23(26-18)27-21(30)19-13-33-22(28(19)24(31)32)16-4-2-1-3-5-16/h1-9,12,17,19,22H,10-11,13H2,(H,25,29)(H,31,32)(H,26,27,30). The Bertz CT molecular complexity index is 1210. The molecule has 5 rings (SSSR count). The molecule has 0 radical (unpaired) electrons. The van der Waals surface area contributed by atoms with Crippen LogP contribution in [0.1, 0.15) is 34.1 Å². The van der Waals surface area contributed by atoms with Gasteiger partial charge in [-0.2, -0.15) is 0 Å². The van der Waals surface area contributed by atoms with Crippen molar-refractivity contribution in [3.05, 3.63) is 71.1 Å². The molecule has 2 aromatic carbocycles. The van der Waals surface area contributed by atoms with Crippen LogP contribution in [0, 0.1) is 0 Å². The van der Waals surface area contributed by atoms with E-state index in [1.54, 1.807) is 12.1 Å². The first-order chi connectivity index (χ1) is 16.5. The van der Waals surface area contributed by atoms with Gasteiger partial charge in [-0.1, -0.05) is 42.5 Å². The number of aromatic nitrogens is 1. The molecule has 2 unspecified atom stereocenters. The summed E-state index contributed by atoms with van der Waals surface area (Å²) in [6.07, 6.45) is 0.936. The number of hydrogen-bond donors (Lipinski definition) is 3. The number of carbonyl (C=O) groups excluding carboxylic acids is 2. The summed E-state index contributed by atoms with van der Waals surface area (Å²) in [5.41, 5.74) is 2.94. The van der Waals surface area contributed by atoms with Crippen LogP contribution >= 0.6 is 23.1 Å². The number of carbonyl (C=O) groups is 3. The van der Waals surface area contributed by atoms with E-state index in [2.05, 4.69) is 15.6 Å². The van der Waals surface area contributed by atoms with Gasteiger partial charge in [-0.15, -0.1) is 23.1 Å². The fourth-order valence-corrected chi connectivity index (χ4v) is 5.90. The predicted octanol–water partition coefficient (Wildman–Crippen LogP) is 4.44. The first-order valence-electron chi connectivity index (χ1n) is 10.8. The number of anilines is 1. The highest BCUT2D eigenvalue weighted by atomic mass is 32.2. The van der Waals surface area contributed by atoms with Gasteiger partial charge in [0.15, 0.2) is 5.13 Å². The van der Waals surface area contributed by atoms with E-state index >= 15 is 0 Å². The Morgan fingerprint density at radius 2 is 1.76 bits per heavy atom. The Morgan fingerprint density at radius 1 is 1.03 bits per heavy atom. The minimum Gasteiger partial charge on any atom is -0.465 e. The molecule has 2 heterocycles. The van der Waals surface area contributed by atoms with E-state index < -0.39 is 23.4 Å². The van der Waals surface area contributed by atoms with Crippen molar-refractivity contribution in [2.45, 2.75) is 30.3 Å². The minimum absolute atomic E-state index is 0.0773. The molecule has 3 N–H and O–H groups in total. The van der Waals surface area contributed by atoms with E-state index in [0.29, 0.717) is 28.2 Å². The highest BCUT2D eigenvalue weighted by molar-refractivity contribution is 7.99. The number of thiazole rings is 1. The van der Waals surface area contributed by atoms with Gasteiger partial charge in [0.2, 0.25) is 5.91 Å². The van der Waals surface area contributed by atoms with Crippen molar-refractivity contribution in [3.8, 4) is 11.3 Å². The van der Waals surface area contributed by atoms with Crippen molar-refractivity contribution >= 4 is 46.1 Å². The molecule has 2 aliphatic rings. The summed E-state index contributed by atoms with van der Waals surface area (Å²) in [6, 6.07) is 16.0. The smallest absolute Gasteiger partial charge is 0.409 e. The lowest BCUT2D eigenvalue weighted by molar-refractivity contribution is -0.119. The second kappa shape index (κ2) is 9.47. The number of nitrogens with zero attached hydrogens (tertiary/aromatic N) is 2. The third-order valence-corrected chi connectivity index (χ3v) is 7.78. The maximum Gasteiger partial charge on any atom is 0.409 e. The lowest BCUT2D eigenvalue weighted by Gasteiger charge is -2.25. The molecule has 0 bridgehead atoms. The van der Waals surface area contributed by atoms with Gasteiger partial charge >= 0.3 is 6.09 Å². The molecule has 2 fully saturated rings. The summed E-state index contributed by atoms with van der Waals surface area (Å²) >= 11 is 2.70. The molecule has 2 atom stereocenters. The normalized spacial score (nSPS) is 19.6. The highest BCUT2D eigenvalue weighted by Gasteiger charge is 2.42. The van der Waals surface area contributed by atoms with Gasteiger partial charge < -0.3 is 15.7 Å². The summed E-state index contributed by atoms with van der Waals surface area (Å²) in [7, 11) is 0. The van der Waals surface area contributed by atoms with Crippen LogP contribution < -0.4 is 10.6 Å². The van der Waals surface area contributed by atoms with E-state index in [-0.39, 0.29) is 5.91 Å². The van der Waals surface area contributed by atoms with E-state index in [4.69, 9.17) is 0 Å². The molecule has 34 heavy (non-hydrogen) atoms. The van der Waals surface area contributed by atoms with E-state index in [0.717, 1.165) is 24.0 Å².